The third-order valence-electron chi connectivity index (χ3n) is 3.25. The Morgan fingerprint density at radius 3 is 2.74 bits per heavy atom. The van der Waals surface area contributed by atoms with Crippen LogP contribution in [0.2, 0.25) is 0 Å². The number of benzene rings is 1. The molecule has 0 aromatic heterocycles. The fourth-order valence-corrected chi connectivity index (χ4v) is 2.18. The number of hydrogen-bond donors (Lipinski definition) is 1. The van der Waals surface area contributed by atoms with E-state index in [9.17, 15) is 9.59 Å². The van der Waals surface area contributed by atoms with E-state index in [0.29, 0.717) is 26.0 Å². The Bertz CT molecular complexity index is 447. The van der Waals surface area contributed by atoms with Gasteiger partial charge >= 0.3 is 0 Å². The van der Waals surface area contributed by atoms with E-state index in [0.717, 1.165) is 5.56 Å². The van der Waals surface area contributed by atoms with Crippen LogP contribution in [0.25, 0.3) is 0 Å². The van der Waals surface area contributed by atoms with Crippen LogP contribution in [0.4, 0.5) is 0 Å². The highest BCUT2D eigenvalue weighted by atomic mass is 16.5. The fraction of sp³-hybridized carbons (Fsp3) is 0.429. The molecule has 2 amide bonds. The number of carbonyl (C=O) groups excluding carboxylic acids is 2. The second kappa shape index (κ2) is 6.33. The minimum absolute atomic E-state index is 0.0454. The maximum absolute atomic E-state index is 12.1. The van der Waals surface area contributed by atoms with Crippen molar-refractivity contribution in [2.45, 2.75) is 18.9 Å². The van der Waals surface area contributed by atoms with Gasteiger partial charge in [0.2, 0.25) is 11.8 Å². The summed E-state index contributed by atoms with van der Waals surface area (Å²) in [4.78, 5) is 25.0. The topological polar surface area (TPSA) is 72.6 Å². The minimum atomic E-state index is -0.628. The number of carbonyl (C=O) groups is 2. The summed E-state index contributed by atoms with van der Waals surface area (Å²) in [7, 11) is 0. The maximum Gasteiger partial charge on any atom is 0.242 e. The van der Waals surface area contributed by atoms with E-state index in [-0.39, 0.29) is 12.5 Å². The molecule has 2 N–H and O–H groups in total. The van der Waals surface area contributed by atoms with Gasteiger partial charge in [-0.05, 0) is 12.0 Å². The molecule has 0 aliphatic carbocycles. The maximum atomic E-state index is 12.1. The average Bonchev–Trinajstić information content (AvgIpc) is 2.46. The molecule has 1 aromatic rings. The van der Waals surface area contributed by atoms with Gasteiger partial charge in [-0.3, -0.25) is 9.59 Å². The summed E-state index contributed by atoms with van der Waals surface area (Å²) in [6, 6.07) is 9.17. The standard InChI is InChI=1S/C14H18N2O3/c15-14(18)12-10-19-9-8-16(12)13(17)7-6-11-4-2-1-3-5-11/h1-5,12H,6-10H2,(H2,15,18). The lowest BCUT2D eigenvalue weighted by molar-refractivity contribution is -0.147. The predicted octanol–water partition coefficient (Wildman–Crippen LogP) is 0.332. The number of nitrogens with two attached hydrogens (primary N) is 1. The Hall–Kier alpha value is -1.88. The van der Waals surface area contributed by atoms with Crippen molar-refractivity contribution in [3.05, 3.63) is 35.9 Å². The first-order valence-electron chi connectivity index (χ1n) is 6.39. The van der Waals surface area contributed by atoms with Crippen LogP contribution < -0.4 is 5.73 Å². The molecule has 0 bridgehead atoms. The Balaban J connectivity index is 1.93. The molecule has 5 heteroatoms. The van der Waals surface area contributed by atoms with E-state index in [1.54, 1.807) is 0 Å². The summed E-state index contributed by atoms with van der Waals surface area (Å²) in [5.41, 5.74) is 6.40. The Morgan fingerprint density at radius 1 is 1.32 bits per heavy atom. The largest absolute Gasteiger partial charge is 0.377 e. The average molecular weight is 262 g/mol. The van der Waals surface area contributed by atoms with E-state index in [1.165, 1.54) is 4.90 Å². The highest BCUT2D eigenvalue weighted by Gasteiger charge is 2.30. The molecule has 1 atom stereocenters. The van der Waals surface area contributed by atoms with Gasteiger partial charge in [-0.1, -0.05) is 30.3 Å². The van der Waals surface area contributed by atoms with E-state index in [1.807, 2.05) is 30.3 Å². The summed E-state index contributed by atoms with van der Waals surface area (Å²) in [6.07, 6.45) is 1.05. The van der Waals surface area contributed by atoms with Gasteiger partial charge in [0.05, 0.1) is 13.2 Å². The van der Waals surface area contributed by atoms with Gasteiger partial charge in [-0.25, -0.2) is 0 Å². The molecular weight excluding hydrogens is 244 g/mol. The van der Waals surface area contributed by atoms with Crippen LogP contribution in [-0.4, -0.2) is 42.5 Å². The summed E-state index contributed by atoms with van der Waals surface area (Å²) in [5, 5.41) is 0. The Morgan fingerprint density at radius 2 is 2.05 bits per heavy atom. The smallest absolute Gasteiger partial charge is 0.242 e. The zero-order valence-corrected chi connectivity index (χ0v) is 10.7. The molecule has 1 heterocycles. The van der Waals surface area contributed by atoms with Gasteiger partial charge in [-0.15, -0.1) is 0 Å². The van der Waals surface area contributed by atoms with Crippen molar-refractivity contribution in [2.75, 3.05) is 19.8 Å². The first kappa shape index (κ1) is 13.5. The van der Waals surface area contributed by atoms with Gasteiger partial charge in [0.15, 0.2) is 0 Å². The van der Waals surface area contributed by atoms with Crippen LogP contribution in [0.15, 0.2) is 30.3 Å². The lowest BCUT2D eigenvalue weighted by Crippen LogP contribution is -2.54. The van der Waals surface area contributed by atoms with Crippen molar-refractivity contribution >= 4 is 11.8 Å². The molecule has 1 fully saturated rings. The molecule has 2 rings (SSSR count). The van der Waals surface area contributed by atoms with Crippen molar-refractivity contribution in [1.29, 1.82) is 0 Å². The van der Waals surface area contributed by atoms with Crippen LogP contribution in [0, 0.1) is 0 Å². The molecule has 0 saturated carbocycles. The number of morpholine rings is 1. The number of amides is 2. The van der Waals surface area contributed by atoms with Crippen molar-refractivity contribution in [3.63, 3.8) is 0 Å². The summed E-state index contributed by atoms with van der Waals surface area (Å²) < 4.78 is 5.19. The lowest BCUT2D eigenvalue weighted by atomic mass is 10.1. The van der Waals surface area contributed by atoms with Gasteiger partial charge in [0.1, 0.15) is 6.04 Å². The third-order valence-corrected chi connectivity index (χ3v) is 3.25. The van der Waals surface area contributed by atoms with Crippen LogP contribution >= 0.6 is 0 Å². The number of ether oxygens (including phenoxy) is 1. The molecule has 1 saturated heterocycles. The zero-order valence-electron chi connectivity index (χ0n) is 10.7. The van der Waals surface area contributed by atoms with E-state index < -0.39 is 11.9 Å². The molecule has 0 radical (unpaired) electrons. The second-order valence-electron chi connectivity index (χ2n) is 4.57. The first-order valence-corrected chi connectivity index (χ1v) is 6.39. The van der Waals surface area contributed by atoms with E-state index in [2.05, 4.69) is 0 Å². The molecule has 5 nitrogen and oxygen atoms in total. The van der Waals surface area contributed by atoms with Crippen molar-refractivity contribution in [3.8, 4) is 0 Å². The summed E-state index contributed by atoms with van der Waals surface area (Å²) in [6.45, 7) is 1.09. The SMILES string of the molecule is NC(=O)C1COCCN1C(=O)CCc1ccccc1. The van der Waals surface area contributed by atoms with Gasteiger partial charge < -0.3 is 15.4 Å². The molecule has 1 aliphatic heterocycles. The molecule has 19 heavy (non-hydrogen) atoms. The molecular formula is C14H18N2O3. The minimum Gasteiger partial charge on any atom is -0.377 e. The lowest BCUT2D eigenvalue weighted by Gasteiger charge is -2.33. The molecule has 1 aromatic carbocycles. The molecule has 1 unspecified atom stereocenters. The van der Waals surface area contributed by atoms with Crippen molar-refractivity contribution < 1.29 is 14.3 Å². The van der Waals surface area contributed by atoms with Crippen LogP contribution in [0.3, 0.4) is 0 Å². The quantitative estimate of drug-likeness (QED) is 0.850. The van der Waals surface area contributed by atoms with E-state index in [4.69, 9.17) is 10.5 Å². The normalized spacial score (nSPS) is 19.2. The Labute approximate surface area is 112 Å². The number of hydrogen-bond acceptors (Lipinski definition) is 3. The first-order chi connectivity index (χ1) is 9.18. The summed E-state index contributed by atoms with van der Waals surface area (Å²) >= 11 is 0. The monoisotopic (exact) mass is 262 g/mol. The van der Waals surface area contributed by atoms with Gasteiger partial charge in [-0.2, -0.15) is 0 Å². The number of aryl methyl sites for hydroxylation is 1. The fourth-order valence-electron chi connectivity index (χ4n) is 2.18. The van der Waals surface area contributed by atoms with Crippen LogP contribution in [0.1, 0.15) is 12.0 Å². The second-order valence-corrected chi connectivity index (χ2v) is 4.57. The van der Waals surface area contributed by atoms with E-state index >= 15 is 0 Å². The molecule has 0 spiro atoms. The number of nitrogens with zero attached hydrogens (tertiary/aromatic N) is 1. The molecule has 102 valence electrons. The summed E-state index contributed by atoms with van der Waals surface area (Å²) in [5.74, 6) is -0.552. The highest BCUT2D eigenvalue weighted by Crippen LogP contribution is 2.11. The van der Waals surface area contributed by atoms with Gasteiger partial charge in [0, 0.05) is 13.0 Å². The number of rotatable bonds is 4. The molecule has 1 aliphatic rings. The Kier molecular flexibility index (Phi) is 4.52. The zero-order chi connectivity index (χ0) is 13.7. The van der Waals surface area contributed by atoms with Crippen LogP contribution in [0.5, 0.6) is 0 Å². The number of primary amides is 1. The van der Waals surface area contributed by atoms with Crippen LogP contribution in [-0.2, 0) is 20.7 Å². The van der Waals surface area contributed by atoms with Crippen molar-refractivity contribution in [2.24, 2.45) is 5.73 Å². The van der Waals surface area contributed by atoms with Crippen molar-refractivity contribution in [1.82, 2.24) is 4.90 Å². The predicted molar refractivity (Wildman–Crippen MR) is 70.3 cm³/mol. The third kappa shape index (κ3) is 3.54. The van der Waals surface area contributed by atoms with Gasteiger partial charge in [0.25, 0.3) is 0 Å². The highest BCUT2D eigenvalue weighted by molar-refractivity contribution is 5.87.